The number of likely N-dealkylation sites (N-methyl/N-ethyl adjacent to an activating group) is 1. The van der Waals surface area contributed by atoms with Crippen molar-refractivity contribution < 1.29 is 18.9 Å². The van der Waals surface area contributed by atoms with Crippen LogP contribution in [0.4, 0.5) is 9.18 Å². The Morgan fingerprint density at radius 3 is 2.48 bits per heavy atom. The fraction of sp³-hybridized carbons (Fsp3) is 0.263. The summed E-state index contributed by atoms with van der Waals surface area (Å²) in [4.78, 5) is 25.2. The molecule has 0 bridgehead atoms. The van der Waals surface area contributed by atoms with Crippen LogP contribution in [-0.4, -0.2) is 25.5 Å². The predicted molar refractivity (Wildman–Crippen MR) is 93.4 cm³/mol. The van der Waals surface area contributed by atoms with Gasteiger partial charge in [0, 0.05) is 17.7 Å². The number of imide groups is 1. The molecule has 0 saturated carbocycles. The third kappa shape index (κ3) is 5.39. The van der Waals surface area contributed by atoms with Gasteiger partial charge in [0.15, 0.2) is 6.04 Å². The van der Waals surface area contributed by atoms with Crippen molar-refractivity contribution in [3.63, 3.8) is 0 Å². The summed E-state index contributed by atoms with van der Waals surface area (Å²) in [6.45, 7) is 2.65. The highest BCUT2D eigenvalue weighted by Gasteiger charge is 2.30. The van der Waals surface area contributed by atoms with Crippen molar-refractivity contribution in [2.45, 2.75) is 19.5 Å². The quantitative estimate of drug-likeness (QED) is 0.742. The van der Waals surface area contributed by atoms with E-state index >= 15 is 0 Å². The molecule has 0 aliphatic heterocycles. The van der Waals surface area contributed by atoms with E-state index in [-0.39, 0.29) is 5.82 Å². The van der Waals surface area contributed by atoms with Crippen LogP contribution in [0.5, 0.6) is 0 Å². The zero-order valence-electron chi connectivity index (χ0n) is 14.4. The molecule has 6 heteroatoms. The fourth-order valence-electron chi connectivity index (χ4n) is 2.76. The van der Waals surface area contributed by atoms with E-state index in [1.54, 1.807) is 13.0 Å². The van der Waals surface area contributed by atoms with Crippen LogP contribution in [-0.2, 0) is 11.3 Å². The van der Waals surface area contributed by atoms with Crippen molar-refractivity contribution in [1.29, 1.82) is 0 Å². The van der Waals surface area contributed by atoms with Crippen molar-refractivity contribution in [2.24, 2.45) is 0 Å². The molecule has 0 aromatic heterocycles. The van der Waals surface area contributed by atoms with E-state index in [0.717, 1.165) is 16.0 Å². The molecule has 0 aliphatic rings. The Labute approximate surface area is 146 Å². The number of urea groups is 1. The van der Waals surface area contributed by atoms with E-state index in [4.69, 9.17) is 0 Å². The van der Waals surface area contributed by atoms with Crippen LogP contribution in [0.15, 0.2) is 54.6 Å². The van der Waals surface area contributed by atoms with Gasteiger partial charge in [-0.2, -0.15) is 0 Å². The highest BCUT2D eigenvalue weighted by atomic mass is 19.1. The van der Waals surface area contributed by atoms with Gasteiger partial charge in [-0.1, -0.05) is 42.5 Å². The minimum Gasteiger partial charge on any atom is -0.338 e. The second-order valence-electron chi connectivity index (χ2n) is 5.85. The minimum atomic E-state index is -0.591. The van der Waals surface area contributed by atoms with Crippen LogP contribution in [0.2, 0.25) is 0 Å². The van der Waals surface area contributed by atoms with Gasteiger partial charge in [-0.25, -0.2) is 9.18 Å². The summed E-state index contributed by atoms with van der Waals surface area (Å²) in [7, 11) is 1.85. The molecule has 3 amide bonds. The first-order valence-corrected chi connectivity index (χ1v) is 8.21. The van der Waals surface area contributed by atoms with Crippen LogP contribution in [0.1, 0.15) is 24.1 Å². The van der Waals surface area contributed by atoms with Gasteiger partial charge < -0.3 is 10.2 Å². The van der Waals surface area contributed by atoms with Crippen molar-refractivity contribution in [2.75, 3.05) is 13.6 Å². The minimum absolute atomic E-state index is 0.312. The maximum atomic E-state index is 13.4. The Hall–Kier alpha value is -2.73. The third-order valence-corrected chi connectivity index (χ3v) is 3.83. The number of nitrogens with one attached hydrogen (secondary N) is 3. The number of carbonyl (C=O) groups is 2. The van der Waals surface area contributed by atoms with Crippen LogP contribution in [0.3, 0.4) is 0 Å². The molecule has 2 aromatic rings. The zero-order chi connectivity index (χ0) is 18.2. The lowest BCUT2D eigenvalue weighted by molar-refractivity contribution is -0.916. The maximum absolute atomic E-state index is 13.4. The summed E-state index contributed by atoms with van der Waals surface area (Å²) in [5.74, 6) is -0.709. The lowest BCUT2D eigenvalue weighted by atomic mass is 10.0. The SMILES string of the molecule is CCNC(=O)NC(=O)[C@@H](c1ccccc1)[NH+](C)Cc1cccc(F)c1. The molecule has 0 heterocycles. The molecule has 2 aromatic carbocycles. The Bertz CT molecular complexity index is 722. The Morgan fingerprint density at radius 1 is 1.12 bits per heavy atom. The van der Waals surface area contributed by atoms with Crippen molar-refractivity contribution in [3.05, 3.63) is 71.5 Å². The molecule has 0 aliphatic carbocycles. The van der Waals surface area contributed by atoms with Crippen LogP contribution >= 0.6 is 0 Å². The summed E-state index contributed by atoms with van der Waals surface area (Å²) in [5, 5.41) is 4.92. The van der Waals surface area contributed by atoms with E-state index in [0.29, 0.717) is 13.1 Å². The average Bonchev–Trinajstić information content (AvgIpc) is 2.56. The van der Waals surface area contributed by atoms with E-state index in [9.17, 15) is 14.0 Å². The first-order chi connectivity index (χ1) is 12.0. The van der Waals surface area contributed by atoms with E-state index in [2.05, 4.69) is 10.6 Å². The lowest BCUT2D eigenvalue weighted by Crippen LogP contribution is -3.09. The highest BCUT2D eigenvalue weighted by molar-refractivity contribution is 5.96. The Kier molecular flexibility index (Phi) is 6.65. The van der Waals surface area contributed by atoms with Gasteiger partial charge >= 0.3 is 6.03 Å². The second kappa shape index (κ2) is 8.94. The zero-order valence-corrected chi connectivity index (χ0v) is 14.4. The molecular weight excluding hydrogens is 321 g/mol. The van der Waals surface area contributed by atoms with Gasteiger partial charge in [0.1, 0.15) is 12.4 Å². The number of amides is 3. The molecule has 3 N–H and O–H groups in total. The molecular formula is C19H23FN3O2+. The van der Waals surface area contributed by atoms with E-state index in [1.165, 1.54) is 12.1 Å². The first-order valence-electron chi connectivity index (χ1n) is 8.21. The lowest BCUT2D eigenvalue weighted by Gasteiger charge is -2.24. The molecule has 2 rings (SSSR count). The van der Waals surface area contributed by atoms with Gasteiger partial charge in [-0.3, -0.25) is 10.1 Å². The van der Waals surface area contributed by atoms with Crippen LogP contribution in [0, 0.1) is 5.82 Å². The van der Waals surface area contributed by atoms with Gasteiger partial charge in [0.05, 0.1) is 7.05 Å². The van der Waals surface area contributed by atoms with Gasteiger partial charge in [-0.15, -0.1) is 0 Å². The largest absolute Gasteiger partial charge is 0.338 e. The van der Waals surface area contributed by atoms with E-state index < -0.39 is 18.0 Å². The predicted octanol–water partition coefficient (Wildman–Crippen LogP) is 1.43. The van der Waals surface area contributed by atoms with Crippen LogP contribution < -0.4 is 15.5 Å². The molecule has 0 radical (unpaired) electrons. The molecule has 132 valence electrons. The summed E-state index contributed by atoms with van der Waals surface area (Å²) in [6, 6.07) is 14.4. The molecule has 0 spiro atoms. The fourth-order valence-corrected chi connectivity index (χ4v) is 2.76. The van der Waals surface area contributed by atoms with Crippen molar-refractivity contribution in [3.8, 4) is 0 Å². The van der Waals surface area contributed by atoms with Gasteiger partial charge in [0.25, 0.3) is 5.91 Å². The first kappa shape index (κ1) is 18.6. The van der Waals surface area contributed by atoms with Crippen molar-refractivity contribution in [1.82, 2.24) is 10.6 Å². The summed E-state index contributed by atoms with van der Waals surface area (Å²) >= 11 is 0. The Morgan fingerprint density at radius 2 is 1.84 bits per heavy atom. The number of halogens is 1. The van der Waals surface area contributed by atoms with E-state index in [1.807, 2.05) is 43.4 Å². The Balaban J connectivity index is 2.21. The maximum Gasteiger partial charge on any atom is 0.321 e. The second-order valence-corrected chi connectivity index (χ2v) is 5.85. The molecule has 2 atom stereocenters. The summed E-state index contributed by atoms with van der Waals surface area (Å²) in [5.41, 5.74) is 1.57. The third-order valence-electron chi connectivity index (χ3n) is 3.83. The number of benzene rings is 2. The number of carbonyl (C=O) groups excluding carboxylic acids is 2. The number of rotatable bonds is 6. The molecule has 1 unspecified atom stereocenters. The highest BCUT2D eigenvalue weighted by Crippen LogP contribution is 2.10. The molecule has 25 heavy (non-hydrogen) atoms. The molecule has 5 nitrogen and oxygen atoms in total. The topological polar surface area (TPSA) is 62.6 Å². The van der Waals surface area contributed by atoms with Gasteiger partial charge in [-0.05, 0) is 19.1 Å². The molecule has 0 fully saturated rings. The normalized spacial score (nSPS) is 12.9. The summed E-state index contributed by atoms with van der Waals surface area (Å²) < 4.78 is 13.4. The van der Waals surface area contributed by atoms with Crippen LogP contribution in [0.25, 0.3) is 0 Å². The molecule has 0 saturated heterocycles. The van der Waals surface area contributed by atoms with Gasteiger partial charge in [0.2, 0.25) is 0 Å². The summed E-state index contributed by atoms with van der Waals surface area (Å²) in [6.07, 6.45) is 0. The monoisotopic (exact) mass is 344 g/mol. The smallest absolute Gasteiger partial charge is 0.321 e. The average molecular weight is 344 g/mol. The standard InChI is InChI=1S/C19H22FN3O2/c1-3-21-19(25)22-18(24)17(15-9-5-4-6-10-15)23(2)13-14-8-7-11-16(20)12-14/h4-12,17H,3,13H2,1-2H3,(H2,21,22,24,25)/p+1/t17-/m1/s1. The van der Waals surface area contributed by atoms with Crippen molar-refractivity contribution >= 4 is 11.9 Å². The number of hydrogen-bond acceptors (Lipinski definition) is 2. The number of quaternary nitrogens is 1. The number of hydrogen-bond donors (Lipinski definition) is 3.